The zero-order valence-electron chi connectivity index (χ0n) is 15.2. The van der Waals surface area contributed by atoms with Crippen LogP contribution in [-0.4, -0.2) is 38.8 Å². The molecule has 7 nitrogen and oxygen atoms in total. The van der Waals surface area contributed by atoms with Crippen molar-refractivity contribution >= 4 is 21.7 Å². The van der Waals surface area contributed by atoms with Gasteiger partial charge in [-0.2, -0.15) is 0 Å². The third-order valence-corrected chi connectivity index (χ3v) is 5.29. The molecule has 2 aromatic rings. The number of nitrogens with one attached hydrogen (secondary N) is 1. The van der Waals surface area contributed by atoms with Crippen LogP contribution in [0.2, 0.25) is 0 Å². The highest BCUT2D eigenvalue weighted by Gasteiger charge is 2.28. The van der Waals surface area contributed by atoms with Crippen LogP contribution in [0.4, 0.5) is 0 Å². The van der Waals surface area contributed by atoms with Gasteiger partial charge in [0.25, 0.3) is 5.91 Å². The smallest absolute Gasteiger partial charge is 0.308 e. The van der Waals surface area contributed by atoms with Crippen LogP contribution in [0.15, 0.2) is 53.4 Å². The van der Waals surface area contributed by atoms with E-state index < -0.39 is 33.7 Å². The van der Waals surface area contributed by atoms with E-state index in [2.05, 4.69) is 5.32 Å². The normalized spacial score (nSPS) is 13.4. The monoisotopic (exact) mass is 391 g/mol. The van der Waals surface area contributed by atoms with Gasteiger partial charge in [0.1, 0.15) is 5.75 Å². The van der Waals surface area contributed by atoms with Crippen molar-refractivity contribution in [2.45, 2.75) is 17.9 Å². The first-order chi connectivity index (χ1) is 12.6. The van der Waals surface area contributed by atoms with Gasteiger partial charge in [0.05, 0.1) is 29.5 Å². The van der Waals surface area contributed by atoms with Crippen LogP contribution in [0.5, 0.6) is 5.75 Å². The molecule has 0 aliphatic heterocycles. The van der Waals surface area contributed by atoms with E-state index in [-0.39, 0.29) is 16.2 Å². The van der Waals surface area contributed by atoms with Gasteiger partial charge in [-0.1, -0.05) is 30.3 Å². The molecule has 0 saturated carbocycles. The lowest BCUT2D eigenvalue weighted by Gasteiger charge is -2.23. The molecule has 0 spiro atoms. The number of ether oxygens (including phenoxy) is 1. The molecule has 2 unspecified atom stereocenters. The number of rotatable bonds is 7. The third kappa shape index (κ3) is 4.85. The number of carboxylic acids is 1. The van der Waals surface area contributed by atoms with Gasteiger partial charge in [-0.05, 0) is 30.7 Å². The highest BCUT2D eigenvalue weighted by atomic mass is 32.2. The van der Waals surface area contributed by atoms with Crippen molar-refractivity contribution < 1.29 is 27.9 Å². The quantitative estimate of drug-likeness (QED) is 0.749. The Morgan fingerprint density at radius 3 is 2.26 bits per heavy atom. The van der Waals surface area contributed by atoms with Crippen molar-refractivity contribution in [1.29, 1.82) is 0 Å². The molecule has 8 heteroatoms. The number of carbonyl (C=O) groups excluding carboxylic acids is 1. The van der Waals surface area contributed by atoms with Gasteiger partial charge in [0.15, 0.2) is 9.84 Å². The molecule has 0 fully saturated rings. The Labute approximate surface area is 157 Å². The Morgan fingerprint density at radius 1 is 1.11 bits per heavy atom. The fraction of sp³-hybridized carbons (Fsp3) is 0.263. The van der Waals surface area contributed by atoms with Crippen LogP contribution in [0.25, 0.3) is 0 Å². The zero-order chi connectivity index (χ0) is 20.2. The minimum Gasteiger partial charge on any atom is -0.496 e. The molecule has 2 aromatic carbocycles. The topological polar surface area (TPSA) is 110 Å². The van der Waals surface area contributed by atoms with E-state index in [9.17, 15) is 23.1 Å². The number of hydrogen-bond acceptors (Lipinski definition) is 5. The third-order valence-electron chi connectivity index (χ3n) is 4.18. The molecule has 0 aliphatic rings. The molecular formula is C19H21NO6S. The van der Waals surface area contributed by atoms with Crippen molar-refractivity contribution in [2.24, 2.45) is 5.92 Å². The number of carbonyl (C=O) groups is 2. The first-order valence-corrected chi connectivity index (χ1v) is 10.0. The first kappa shape index (κ1) is 20.4. The molecule has 0 saturated heterocycles. The fourth-order valence-corrected chi connectivity index (χ4v) is 3.26. The summed E-state index contributed by atoms with van der Waals surface area (Å²) in [6, 6.07) is 11.9. The summed E-state index contributed by atoms with van der Waals surface area (Å²) >= 11 is 0. The molecule has 0 radical (unpaired) electrons. The largest absolute Gasteiger partial charge is 0.496 e. The second-order valence-electron chi connectivity index (χ2n) is 6.12. The summed E-state index contributed by atoms with van der Waals surface area (Å²) < 4.78 is 28.8. The minimum atomic E-state index is -3.52. The average molecular weight is 391 g/mol. The van der Waals surface area contributed by atoms with E-state index in [0.717, 1.165) is 6.26 Å². The number of benzene rings is 2. The molecular weight excluding hydrogens is 370 g/mol. The minimum absolute atomic E-state index is 0.0129. The van der Waals surface area contributed by atoms with Crippen molar-refractivity contribution in [3.63, 3.8) is 0 Å². The second kappa shape index (κ2) is 8.22. The summed E-state index contributed by atoms with van der Waals surface area (Å²) in [5.41, 5.74) is 0.637. The van der Waals surface area contributed by atoms with E-state index in [0.29, 0.717) is 5.56 Å². The maximum Gasteiger partial charge on any atom is 0.308 e. The molecule has 0 heterocycles. The average Bonchev–Trinajstić information content (AvgIpc) is 2.64. The zero-order valence-corrected chi connectivity index (χ0v) is 16.0. The Hall–Kier alpha value is -2.87. The lowest BCUT2D eigenvalue weighted by atomic mass is 9.94. The number of amides is 1. The van der Waals surface area contributed by atoms with Gasteiger partial charge in [0.2, 0.25) is 0 Å². The van der Waals surface area contributed by atoms with Gasteiger partial charge >= 0.3 is 5.97 Å². The number of hydrogen-bond donors (Lipinski definition) is 2. The van der Waals surface area contributed by atoms with E-state index in [1.807, 2.05) is 0 Å². The summed E-state index contributed by atoms with van der Waals surface area (Å²) in [4.78, 5) is 24.3. The van der Waals surface area contributed by atoms with E-state index in [1.54, 1.807) is 30.3 Å². The lowest BCUT2D eigenvalue weighted by Crippen LogP contribution is -2.35. The molecule has 2 rings (SSSR count). The summed E-state index contributed by atoms with van der Waals surface area (Å²) in [5.74, 6) is -2.41. The Bertz CT molecular complexity index is 940. The maximum absolute atomic E-state index is 12.8. The summed E-state index contributed by atoms with van der Waals surface area (Å²) in [7, 11) is -2.16. The predicted octanol–water partition coefficient (Wildman–Crippen LogP) is 2.29. The van der Waals surface area contributed by atoms with Gasteiger partial charge in [-0.15, -0.1) is 0 Å². The Kier molecular flexibility index (Phi) is 6.22. The van der Waals surface area contributed by atoms with Crippen molar-refractivity contribution in [3.05, 3.63) is 59.7 Å². The Morgan fingerprint density at radius 2 is 1.74 bits per heavy atom. The molecule has 0 aliphatic carbocycles. The van der Waals surface area contributed by atoms with Crippen molar-refractivity contribution in [3.8, 4) is 5.75 Å². The van der Waals surface area contributed by atoms with Crippen LogP contribution in [0, 0.1) is 5.92 Å². The van der Waals surface area contributed by atoms with Crippen LogP contribution >= 0.6 is 0 Å². The van der Waals surface area contributed by atoms with Crippen LogP contribution in [0.3, 0.4) is 0 Å². The molecule has 144 valence electrons. The maximum atomic E-state index is 12.8. The van der Waals surface area contributed by atoms with Gasteiger partial charge in [0, 0.05) is 6.26 Å². The number of aliphatic carboxylic acids is 1. The molecule has 27 heavy (non-hydrogen) atoms. The highest BCUT2D eigenvalue weighted by molar-refractivity contribution is 7.90. The van der Waals surface area contributed by atoms with Gasteiger partial charge < -0.3 is 15.2 Å². The second-order valence-corrected chi connectivity index (χ2v) is 8.14. The molecule has 2 atom stereocenters. The van der Waals surface area contributed by atoms with E-state index in [4.69, 9.17) is 4.74 Å². The number of carboxylic acid groups (broad SMARTS) is 1. The first-order valence-electron chi connectivity index (χ1n) is 8.12. The van der Waals surface area contributed by atoms with E-state index in [1.165, 1.54) is 32.2 Å². The summed E-state index contributed by atoms with van der Waals surface area (Å²) in [6.07, 6.45) is 1.04. The van der Waals surface area contributed by atoms with Gasteiger partial charge in [-0.25, -0.2) is 8.42 Å². The van der Waals surface area contributed by atoms with Crippen LogP contribution in [0.1, 0.15) is 28.9 Å². The van der Waals surface area contributed by atoms with E-state index >= 15 is 0 Å². The SMILES string of the molecule is COc1ccc(S(C)(=O)=O)cc1C(=O)NC(c1ccccc1)C(C)C(=O)O. The van der Waals surface area contributed by atoms with Crippen LogP contribution < -0.4 is 10.1 Å². The van der Waals surface area contributed by atoms with Gasteiger partial charge in [-0.3, -0.25) is 9.59 Å². The van der Waals surface area contributed by atoms with Crippen molar-refractivity contribution in [1.82, 2.24) is 5.32 Å². The molecule has 0 aromatic heterocycles. The predicted molar refractivity (Wildman–Crippen MR) is 99.6 cm³/mol. The van der Waals surface area contributed by atoms with Crippen LogP contribution in [-0.2, 0) is 14.6 Å². The molecule has 2 N–H and O–H groups in total. The summed E-state index contributed by atoms with van der Waals surface area (Å²) in [5, 5.41) is 12.1. The summed E-state index contributed by atoms with van der Waals surface area (Å²) in [6.45, 7) is 1.49. The Balaban J connectivity index is 2.44. The highest BCUT2D eigenvalue weighted by Crippen LogP contribution is 2.26. The number of methoxy groups -OCH3 is 1. The lowest BCUT2D eigenvalue weighted by molar-refractivity contribution is -0.142. The van der Waals surface area contributed by atoms with Crippen molar-refractivity contribution in [2.75, 3.05) is 13.4 Å². The standard InChI is InChI=1S/C19H21NO6S/c1-12(19(22)23)17(13-7-5-4-6-8-13)20-18(21)15-11-14(27(3,24)25)9-10-16(15)26-2/h4-12,17H,1-3H3,(H,20,21)(H,22,23). The molecule has 1 amide bonds. The fourth-order valence-electron chi connectivity index (χ4n) is 2.61. The molecule has 0 bridgehead atoms. The number of sulfone groups is 1.